The lowest BCUT2D eigenvalue weighted by Crippen LogP contribution is -2.51. The molecule has 27 heavy (non-hydrogen) atoms. The van der Waals surface area contributed by atoms with Crippen molar-refractivity contribution in [1.29, 1.82) is 0 Å². The molecule has 1 aliphatic rings. The lowest BCUT2D eigenvalue weighted by atomic mass is 9.86. The lowest BCUT2D eigenvalue weighted by Gasteiger charge is -2.30. The summed E-state index contributed by atoms with van der Waals surface area (Å²) in [5.41, 5.74) is 0.672. The monoisotopic (exact) mass is 388 g/mol. The Balaban J connectivity index is 2.16. The van der Waals surface area contributed by atoms with Crippen molar-refractivity contribution in [1.82, 2.24) is 0 Å². The zero-order valence-electron chi connectivity index (χ0n) is 14.8. The van der Waals surface area contributed by atoms with Crippen LogP contribution in [-0.4, -0.2) is 38.8 Å². The Bertz CT molecular complexity index is 923. The van der Waals surface area contributed by atoms with E-state index in [9.17, 15) is 18.0 Å². The first-order valence-electron chi connectivity index (χ1n) is 8.49. The molecule has 2 aromatic rings. The second-order valence-corrected chi connectivity index (χ2v) is 8.65. The number of sulfone groups is 1. The van der Waals surface area contributed by atoms with Crippen LogP contribution < -0.4 is 0 Å². The van der Waals surface area contributed by atoms with Gasteiger partial charge in [0.05, 0.1) is 25.0 Å². The lowest BCUT2D eigenvalue weighted by molar-refractivity contribution is -0.142. The predicted octanol–water partition coefficient (Wildman–Crippen LogP) is 2.18. The molecule has 6 nitrogen and oxygen atoms in total. The number of methoxy groups -OCH3 is 1. The van der Waals surface area contributed by atoms with Crippen LogP contribution in [-0.2, 0) is 35.3 Å². The van der Waals surface area contributed by atoms with Gasteiger partial charge in [0.25, 0.3) is 0 Å². The molecule has 142 valence electrons. The molecule has 3 rings (SSSR count). The zero-order chi connectivity index (χ0) is 19.5. The molecule has 0 spiro atoms. The van der Waals surface area contributed by atoms with Gasteiger partial charge in [0.1, 0.15) is 0 Å². The number of hydrogen-bond acceptors (Lipinski definition) is 6. The van der Waals surface area contributed by atoms with E-state index in [0.717, 1.165) is 0 Å². The summed E-state index contributed by atoms with van der Waals surface area (Å²) in [5, 5.41) is 0. The summed E-state index contributed by atoms with van der Waals surface area (Å²) in [6, 6.07) is 16.6. The van der Waals surface area contributed by atoms with Gasteiger partial charge in [0, 0.05) is 12.3 Å². The molecule has 0 N–H and O–H groups in total. The molecule has 0 radical (unpaired) electrons. The Morgan fingerprint density at radius 1 is 1.11 bits per heavy atom. The molecule has 1 aliphatic heterocycles. The summed E-state index contributed by atoms with van der Waals surface area (Å²) in [4.78, 5) is 24.8. The van der Waals surface area contributed by atoms with Gasteiger partial charge in [-0.3, -0.25) is 9.59 Å². The van der Waals surface area contributed by atoms with Crippen LogP contribution in [0.1, 0.15) is 12.0 Å². The van der Waals surface area contributed by atoms with Crippen molar-refractivity contribution in [3.63, 3.8) is 0 Å². The number of benzene rings is 2. The van der Waals surface area contributed by atoms with Crippen LogP contribution in [0, 0.1) is 5.92 Å². The number of carbonyl (C=O) groups excluding carboxylic acids is 2. The summed E-state index contributed by atoms with van der Waals surface area (Å²) in [7, 11) is -2.91. The van der Waals surface area contributed by atoms with Crippen molar-refractivity contribution in [3.05, 3.63) is 66.2 Å². The molecule has 0 saturated carbocycles. The van der Waals surface area contributed by atoms with Gasteiger partial charge < -0.3 is 9.47 Å². The third kappa shape index (κ3) is 3.35. The van der Waals surface area contributed by atoms with E-state index in [1.807, 2.05) is 0 Å². The summed E-state index contributed by atoms with van der Waals surface area (Å²) >= 11 is 0. The highest BCUT2D eigenvalue weighted by Gasteiger charge is 2.62. The van der Waals surface area contributed by atoms with E-state index in [4.69, 9.17) is 9.47 Å². The molecule has 2 aromatic carbocycles. The van der Waals surface area contributed by atoms with Gasteiger partial charge in [-0.15, -0.1) is 0 Å². The van der Waals surface area contributed by atoms with E-state index in [2.05, 4.69) is 0 Å². The van der Waals surface area contributed by atoms with Crippen molar-refractivity contribution >= 4 is 21.8 Å². The van der Waals surface area contributed by atoms with E-state index in [1.165, 1.54) is 19.2 Å². The molecular formula is C20H20O6S. The van der Waals surface area contributed by atoms with Crippen molar-refractivity contribution in [2.75, 3.05) is 13.7 Å². The fourth-order valence-corrected chi connectivity index (χ4v) is 5.62. The fourth-order valence-electron chi connectivity index (χ4n) is 3.46. The van der Waals surface area contributed by atoms with Crippen molar-refractivity contribution in [2.24, 2.45) is 5.92 Å². The summed E-state index contributed by atoms with van der Waals surface area (Å²) in [6.45, 7) is -0.146. The van der Waals surface area contributed by atoms with Crippen LogP contribution in [0.3, 0.4) is 0 Å². The topological polar surface area (TPSA) is 86.7 Å². The van der Waals surface area contributed by atoms with Crippen molar-refractivity contribution in [3.8, 4) is 0 Å². The Labute approximate surface area is 158 Å². The second-order valence-electron chi connectivity index (χ2n) is 6.44. The smallest absolute Gasteiger partial charge is 0.328 e. The third-order valence-corrected chi connectivity index (χ3v) is 7.40. The number of rotatable bonds is 6. The van der Waals surface area contributed by atoms with Crippen molar-refractivity contribution in [2.45, 2.75) is 22.5 Å². The Morgan fingerprint density at radius 2 is 1.70 bits per heavy atom. The SMILES string of the molecule is COC(=O)C[C@@H]1COC(=O)[C@]1(Cc1ccccc1)S(=O)(=O)c1ccccc1. The Morgan fingerprint density at radius 3 is 2.30 bits per heavy atom. The van der Waals surface area contributed by atoms with Gasteiger partial charge >= 0.3 is 11.9 Å². The molecule has 0 aromatic heterocycles. The average molecular weight is 388 g/mol. The maximum atomic E-state index is 13.6. The highest BCUT2D eigenvalue weighted by molar-refractivity contribution is 7.93. The van der Waals surface area contributed by atoms with Gasteiger partial charge in [-0.05, 0) is 17.7 Å². The number of esters is 2. The minimum absolute atomic E-state index is 0.0228. The summed E-state index contributed by atoms with van der Waals surface area (Å²) < 4.78 is 35.2. The van der Waals surface area contributed by atoms with Gasteiger partial charge in [0.15, 0.2) is 14.6 Å². The Hall–Kier alpha value is -2.67. The number of ether oxygens (including phenoxy) is 2. The molecule has 1 fully saturated rings. The normalized spacial score (nSPS) is 22.3. The number of carbonyl (C=O) groups is 2. The van der Waals surface area contributed by atoms with Crippen LogP contribution in [0.25, 0.3) is 0 Å². The van der Waals surface area contributed by atoms with E-state index in [0.29, 0.717) is 5.56 Å². The fraction of sp³-hybridized carbons (Fsp3) is 0.300. The first-order chi connectivity index (χ1) is 12.9. The third-order valence-electron chi connectivity index (χ3n) is 4.90. The number of cyclic esters (lactones) is 1. The minimum Gasteiger partial charge on any atom is -0.469 e. The van der Waals surface area contributed by atoms with E-state index in [-0.39, 0.29) is 24.3 Å². The van der Waals surface area contributed by atoms with Crippen LogP contribution >= 0.6 is 0 Å². The molecule has 1 saturated heterocycles. The Kier molecular flexibility index (Phi) is 5.32. The van der Waals surface area contributed by atoms with Gasteiger partial charge in [0.2, 0.25) is 0 Å². The van der Waals surface area contributed by atoms with Gasteiger partial charge in [-0.2, -0.15) is 0 Å². The van der Waals surface area contributed by atoms with Crippen LogP contribution in [0.15, 0.2) is 65.6 Å². The number of hydrogen-bond donors (Lipinski definition) is 0. The maximum Gasteiger partial charge on any atom is 0.328 e. The largest absolute Gasteiger partial charge is 0.469 e. The van der Waals surface area contributed by atoms with Crippen molar-refractivity contribution < 1.29 is 27.5 Å². The van der Waals surface area contributed by atoms with Crippen LogP contribution in [0.5, 0.6) is 0 Å². The zero-order valence-corrected chi connectivity index (χ0v) is 15.6. The molecule has 0 unspecified atom stereocenters. The summed E-state index contributed by atoms with van der Waals surface area (Å²) in [6.07, 6.45) is -0.299. The van der Waals surface area contributed by atoms with Crippen LogP contribution in [0.2, 0.25) is 0 Å². The second kappa shape index (κ2) is 7.52. The molecule has 1 heterocycles. The summed E-state index contributed by atoms with van der Waals surface area (Å²) in [5.74, 6) is -2.26. The first kappa shape index (κ1) is 19.1. The molecular weight excluding hydrogens is 368 g/mol. The van der Waals surface area contributed by atoms with E-state index >= 15 is 0 Å². The highest BCUT2D eigenvalue weighted by Crippen LogP contribution is 2.43. The highest BCUT2D eigenvalue weighted by atomic mass is 32.2. The maximum absolute atomic E-state index is 13.6. The quantitative estimate of drug-likeness (QED) is 0.705. The minimum atomic E-state index is -4.13. The van der Waals surface area contributed by atoms with E-state index in [1.54, 1.807) is 48.5 Å². The molecule has 0 aliphatic carbocycles. The standard InChI is InChI=1S/C20H20O6S/c1-25-18(21)12-16-14-26-19(22)20(16,13-15-8-4-2-5-9-15)27(23,24)17-10-6-3-7-11-17/h2-11,16H,12-14H2,1H3/t16-,20-/m1/s1. The molecule has 0 amide bonds. The molecule has 2 atom stereocenters. The van der Waals surface area contributed by atoms with Gasteiger partial charge in [-0.25, -0.2) is 8.42 Å². The first-order valence-corrected chi connectivity index (χ1v) is 9.98. The van der Waals surface area contributed by atoms with Gasteiger partial charge in [-0.1, -0.05) is 48.5 Å². The molecule has 0 bridgehead atoms. The van der Waals surface area contributed by atoms with E-state index < -0.39 is 32.4 Å². The van der Waals surface area contributed by atoms with Crippen LogP contribution in [0.4, 0.5) is 0 Å². The average Bonchev–Trinajstić information content (AvgIpc) is 3.00. The molecule has 7 heteroatoms. The predicted molar refractivity (Wildman–Crippen MR) is 97.6 cm³/mol.